The van der Waals surface area contributed by atoms with Crippen molar-refractivity contribution in [3.63, 3.8) is 0 Å². The van der Waals surface area contributed by atoms with E-state index in [1.165, 1.54) is 7.11 Å². The smallest absolute Gasteiger partial charge is 0.377 e. The van der Waals surface area contributed by atoms with Gasteiger partial charge in [0.05, 0.1) is 7.11 Å². The molecule has 5 heteroatoms. The van der Waals surface area contributed by atoms with Gasteiger partial charge >= 0.3 is 5.97 Å². The van der Waals surface area contributed by atoms with Gasteiger partial charge in [0, 0.05) is 6.20 Å². The molecule has 0 unspecified atom stereocenters. The summed E-state index contributed by atoms with van der Waals surface area (Å²) in [6.07, 6.45) is 0.922. The zero-order chi connectivity index (χ0) is 7.28. The minimum absolute atomic E-state index is 0.211. The Labute approximate surface area is 52.2 Å². The molecule has 0 aliphatic heterocycles. The number of carbonyl (C=O) groups is 1. The molecule has 0 aliphatic carbocycles. The largest absolute Gasteiger partial charge is 0.463 e. The molecule has 0 saturated heterocycles. The molecule has 0 amide bonds. The summed E-state index contributed by atoms with van der Waals surface area (Å²) in [5.74, 6) is 3.71. The van der Waals surface area contributed by atoms with Crippen molar-refractivity contribution in [1.29, 1.82) is 0 Å². The van der Waals surface area contributed by atoms with Gasteiger partial charge in [0.1, 0.15) is 0 Å². The molecule has 0 spiro atoms. The van der Waals surface area contributed by atoms with Crippen LogP contribution in [0.2, 0.25) is 0 Å². The minimum atomic E-state index is -0.694. The number of rotatable bonds is 2. The van der Waals surface area contributed by atoms with Crippen LogP contribution in [-0.2, 0) is 14.4 Å². The monoisotopic (exact) mass is 132 g/mol. The molecule has 9 heavy (non-hydrogen) atoms. The van der Waals surface area contributed by atoms with Gasteiger partial charge in [0.15, 0.2) is 0 Å². The van der Waals surface area contributed by atoms with Gasteiger partial charge in [-0.1, -0.05) is 0 Å². The molecule has 0 fully saturated rings. The van der Waals surface area contributed by atoms with Crippen molar-refractivity contribution in [3.05, 3.63) is 12.0 Å². The highest BCUT2D eigenvalue weighted by Gasteiger charge is 2.07. The van der Waals surface area contributed by atoms with Crippen LogP contribution in [0, 0.1) is 0 Å². The third-order valence-corrected chi connectivity index (χ3v) is 0.665. The summed E-state index contributed by atoms with van der Waals surface area (Å²) in [7, 11) is 1.20. The van der Waals surface area contributed by atoms with Crippen LogP contribution in [0.1, 0.15) is 0 Å². The van der Waals surface area contributed by atoms with E-state index < -0.39 is 5.97 Å². The van der Waals surface area contributed by atoms with Gasteiger partial charge in [-0.3, -0.25) is 0 Å². The van der Waals surface area contributed by atoms with Crippen molar-refractivity contribution in [2.75, 3.05) is 7.11 Å². The Balaban J connectivity index is 3.97. The summed E-state index contributed by atoms with van der Waals surface area (Å²) in [5.41, 5.74) is 4.89. The Kier molecular flexibility index (Phi) is 3.22. The van der Waals surface area contributed by atoms with Gasteiger partial charge in [0.2, 0.25) is 5.76 Å². The SMILES string of the molecule is COC(=O)/C(=C/N)ON. The molecule has 0 radical (unpaired) electrons. The van der Waals surface area contributed by atoms with Crippen LogP contribution in [-0.4, -0.2) is 13.1 Å². The maximum absolute atomic E-state index is 10.4. The maximum atomic E-state index is 10.4. The van der Waals surface area contributed by atoms with Crippen LogP contribution >= 0.6 is 0 Å². The van der Waals surface area contributed by atoms with Gasteiger partial charge in [0.25, 0.3) is 0 Å². The molecule has 0 aliphatic rings. The van der Waals surface area contributed by atoms with Gasteiger partial charge in [-0.25, -0.2) is 4.79 Å². The van der Waals surface area contributed by atoms with E-state index in [4.69, 9.17) is 5.73 Å². The first kappa shape index (κ1) is 7.77. The Morgan fingerprint density at radius 2 is 2.22 bits per heavy atom. The topological polar surface area (TPSA) is 87.6 Å². The lowest BCUT2D eigenvalue weighted by Crippen LogP contribution is -2.13. The summed E-state index contributed by atoms with van der Waals surface area (Å²) in [6.45, 7) is 0. The molecular formula is C4H8N2O3. The third-order valence-electron chi connectivity index (χ3n) is 0.665. The normalized spacial score (nSPS) is 10.7. The standard InChI is InChI=1S/C4H8N2O3/c1-8-4(7)3(2-5)9-6/h2H,5-6H2,1H3/b3-2-. The predicted octanol–water partition coefficient (Wildman–Crippen LogP) is -1.15. The molecule has 52 valence electrons. The first-order chi connectivity index (χ1) is 4.26. The predicted molar refractivity (Wildman–Crippen MR) is 29.6 cm³/mol. The molecule has 0 aromatic heterocycles. The molecule has 5 nitrogen and oxygen atoms in total. The van der Waals surface area contributed by atoms with Gasteiger partial charge < -0.3 is 15.3 Å². The first-order valence-electron chi connectivity index (χ1n) is 2.13. The van der Waals surface area contributed by atoms with E-state index in [0.29, 0.717) is 0 Å². The number of hydrogen-bond acceptors (Lipinski definition) is 5. The van der Waals surface area contributed by atoms with Crippen molar-refractivity contribution in [1.82, 2.24) is 0 Å². The number of hydrogen-bond donors (Lipinski definition) is 2. The Morgan fingerprint density at radius 3 is 2.33 bits per heavy atom. The van der Waals surface area contributed by atoms with Crippen LogP contribution in [0.4, 0.5) is 0 Å². The van der Waals surface area contributed by atoms with Crippen LogP contribution < -0.4 is 11.6 Å². The highest BCUT2D eigenvalue weighted by Crippen LogP contribution is 1.91. The van der Waals surface area contributed by atoms with E-state index in [2.05, 4.69) is 15.5 Å². The second-order valence-electron chi connectivity index (χ2n) is 1.14. The number of nitrogens with two attached hydrogens (primary N) is 2. The average molecular weight is 132 g/mol. The van der Waals surface area contributed by atoms with E-state index in [1.807, 2.05) is 0 Å². The van der Waals surface area contributed by atoms with Gasteiger partial charge in [-0.05, 0) is 0 Å². The first-order valence-corrected chi connectivity index (χ1v) is 2.13. The summed E-state index contributed by atoms with van der Waals surface area (Å²) in [6, 6.07) is 0. The van der Waals surface area contributed by atoms with Crippen molar-refractivity contribution in [3.8, 4) is 0 Å². The molecular weight excluding hydrogens is 124 g/mol. The van der Waals surface area contributed by atoms with E-state index in [-0.39, 0.29) is 5.76 Å². The van der Waals surface area contributed by atoms with Crippen molar-refractivity contribution < 1.29 is 14.4 Å². The fraction of sp³-hybridized carbons (Fsp3) is 0.250. The number of carbonyl (C=O) groups excluding carboxylic acids is 1. The highest BCUT2D eigenvalue weighted by atomic mass is 16.6. The van der Waals surface area contributed by atoms with E-state index in [0.717, 1.165) is 6.20 Å². The second kappa shape index (κ2) is 3.73. The second-order valence-corrected chi connectivity index (χ2v) is 1.14. The van der Waals surface area contributed by atoms with E-state index in [9.17, 15) is 4.79 Å². The molecule has 0 bridgehead atoms. The van der Waals surface area contributed by atoms with Gasteiger partial charge in [-0.2, -0.15) is 5.90 Å². The molecule has 0 heterocycles. The summed E-state index contributed by atoms with van der Waals surface area (Å²) < 4.78 is 4.20. The molecule has 0 rings (SSSR count). The highest BCUT2D eigenvalue weighted by molar-refractivity contribution is 5.85. The quantitative estimate of drug-likeness (QED) is 0.214. The summed E-state index contributed by atoms with van der Waals surface area (Å²) >= 11 is 0. The minimum Gasteiger partial charge on any atom is -0.463 e. The van der Waals surface area contributed by atoms with E-state index >= 15 is 0 Å². The summed E-state index contributed by atoms with van der Waals surface area (Å²) in [5, 5.41) is 0. The number of methoxy groups -OCH3 is 1. The van der Waals surface area contributed by atoms with Crippen LogP contribution in [0.15, 0.2) is 12.0 Å². The van der Waals surface area contributed by atoms with E-state index in [1.54, 1.807) is 0 Å². The van der Waals surface area contributed by atoms with Crippen molar-refractivity contribution in [2.24, 2.45) is 11.6 Å². The van der Waals surface area contributed by atoms with Crippen LogP contribution in [0.5, 0.6) is 0 Å². The number of ether oxygens (including phenoxy) is 1. The molecule has 0 atom stereocenters. The summed E-state index contributed by atoms with van der Waals surface area (Å²) in [4.78, 5) is 14.4. The fourth-order valence-corrected chi connectivity index (χ4v) is 0.256. The zero-order valence-electron chi connectivity index (χ0n) is 4.96. The van der Waals surface area contributed by atoms with Crippen molar-refractivity contribution >= 4 is 5.97 Å². The lowest BCUT2D eigenvalue weighted by atomic mass is 10.5. The Bertz CT molecular complexity index is 132. The van der Waals surface area contributed by atoms with Gasteiger partial charge in [-0.15, -0.1) is 0 Å². The molecule has 0 aromatic carbocycles. The Morgan fingerprint density at radius 1 is 1.67 bits per heavy atom. The lowest BCUT2D eigenvalue weighted by molar-refractivity contribution is -0.140. The Hall–Kier alpha value is -1.23. The molecule has 0 aromatic rings. The zero-order valence-corrected chi connectivity index (χ0v) is 4.96. The lowest BCUT2D eigenvalue weighted by Gasteiger charge is -1.98. The average Bonchev–Trinajstić information content (AvgIpc) is 1.90. The van der Waals surface area contributed by atoms with Crippen molar-refractivity contribution in [2.45, 2.75) is 0 Å². The van der Waals surface area contributed by atoms with Crippen LogP contribution in [0.25, 0.3) is 0 Å². The molecule has 4 N–H and O–H groups in total. The van der Waals surface area contributed by atoms with Crippen LogP contribution in [0.3, 0.4) is 0 Å². The maximum Gasteiger partial charge on any atom is 0.377 e. The number of esters is 1. The fourth-order valence-electron chi connectivity index (χ4n) is 0.256. The molecule has 0 saturated carbocycles. The third kappa shape index (κ3) is 2.00.